The van der Waals surface area contributed by atoms with Crippen LogP contribution in [-0.2, 0) is 6.54 Å². The lowest BCUT2D eigenvalue weighted by Gasteiger charge is -2.18. The number of hydrogen-bond donors (Lipinski definition) is 2. The Labute approximate surface area is 148 Å². The Bertz CT molecular complexity index is 989. The zero-order chi connectivity index (χ0) is 17.6. The molecule has 0 radical (unpaired) electrons. The van der Waals surface area contributed by atoms with Gasteiger partial charge in [0.1, 0.15) is 0 Å². The number of carbonyl (C=O) groups is 2. The van der Waals surface area contributed by atoms with Crippen LogP contribution in [0.15, 0.2) is 35.7 Å². The lowest BCUT2D eigenvalue weighted by molar-refractivity contribution is 0.0845. The van der Waals surface area contributed by atoms with E-state index in [-0.39, 0.29) is 11.8 Å². The van der Waals surface area contributed by atoms with E-state index in [9.17, 15) is 9.59 Å². The van der Waals surface area contributed by atoms with E-state index >= 15 is 0 Å². The van der Waals surface area contributed by atoms with Crippen molar-refractivity contribution in [2.24, 2.45) is 0 Å². The van der Waals surface area contributed by atoms with Crippen LogP contribution in [0.3, 0.4) is 0 Å². The molecule has 0 saturated heterocycles. The molecule has 126 valence electrons. The molecule has 25 heavy (non-hydrogen) atoms. The fraction of sp³-hybridized carbons (Fsp3) is 0.167. The summed E-state index contributed by atoms with van der Waals surface area (Å²) in [6.07, 6.45) is 0. The maximum absolute atomic E-state index is 12.1. The molecule has 0 spiro atoms. The topological polar surface area (TPSA) is 74.3 Å². The number of thiazole rings is 1. The minimum atomic E-state index is -0.352. The standard InChI is InChI=1S/C18H16N4O2S/c1-22(2)18-20-10(9-25-18)8-19-14-7-6-13-15-11(14)4-3-5-12(15)16(23)21-17(13)24/h3-7,9,19H,8H2,1-2H3,(H,21,23,24). The van der Waals surface area contributed by atoms with E-state index in [1.807, 2.05) is 42.6 Å². The molecule has 6 nitrogen and oxygen atoms in total. The monoisotopic (exact) mass is 352 g/mol. The first-order valence-corrected chi connectivity index (χ1v) is 8.69. The van der Waals surface area contributed by atoms with Crippen molar-refractivity contribution in [2.75, 3.05) is 24.3 Å². The van der Waals surface area contributed by atoms with Crippen LogP contribution in [-0.4, -0.2) is 30.9 Å². The van der Waals surface area contributed by atoms with E-state index in [4.69, 9.17) is 0 Å². The molecule has 4 rings (SSSR count). The van der Waals surface area contributed by atoms with Gasteiger partial charge in [-0.2, -0.15) is 0 Å². The van der Waals surface area contributed by atoms with Gasteiger partial charge in [-0.3, -0.25) is 14.9 Å². The van der Waals surface area contributed by atoms with Gasteiger partial charge in [0.15, 0.2) is 5.13 Å². The van der Waals surface area contributed by atoms with E-state index in [0.717, 1.165) is 21.9 Å². The van der Waals surface area contributed by atoms with Crippen molar-refractivity contribution in [1.82, 2.24) is 10.3 Å². The number of imide groups is 1. The van der Waals surface area contributed by atoms with Gasteiger partial charge in [-0.05, 0) is 18.2 Å². The fourth-order valence-electron chi connectivity index (χ4n) is 2.95. The molecular formula is C18H16N4O2S. The first kappa shape index (κ1) is 15.6. The quantitative estimate of drug-likeness (QED) is 0.706. The molecule has 0 saturated carbocycles. The number of hydrogen-bond acceptors (Lipinski definition) is 6. The number of anilines is 2. The average molecular weight is 352 g/mol. The second kappa shape index (κ2) is 5.86. The molecular weight excluding hydrogens is 336 g/mol. The Morgan fingerprint density at radius 3 is 2.60 bits per heavy atom. The maximum atomic E-state index is 12.1. The molecule has 0 atom stereocenters. The number of rotatable bonds is 4. The number of nitrogens with one attached hydrogen (secondary N) is 2. The van der Waals surface area contributed by atoms with E-state index in [2.05, 4.69) is 15.6 Å². The van der Waals surface area contributed by atoms with E-state index in [0.29, 0.717) is 23.1 Å². The summed E-state index contributed by atoms with van der Waals surface area (Å²) in [5.41, 5.74) is 2.88. The predicted octanol–water partition coefficient (Wildman–Crippen LogP) is 2.86. The summed E-state index contributed by atoms with van der Waals surface area (Å²) < 4.78 is 0. The van der Waals surface area contributed by atoms with Crippen molar-refractivity contribution in [3.8, 4) is 0 Å². The van der Waals surface area contributed by atoms with Gasteiger partial charge in [-0.15, -0.1) is 11.3 Å². The third-order valence-corrected chi connectivity index (χ3v) is 5.20. The smallest absolute Gasteiger partial charge is 0.258 e. The molecule has 2 heterocycles. The number of aromatic nitrogens is 1. The summed E-state index contributed by atoms with van der Waals surface area (Å²) in [5, 5.41) is 10.3. The first-order valence-electron chi connectivity index (χ1n) is 7.81. The molecule has 1 aliphatic heterocycles. The largest absolute Gasteiger partial charge is 0.379 e. The number of nitrogens with zero attached hydrogens (tertiary/aromatic N) is 2. The molecule has 2 N–H and O–H groups in total. The van der Waals surface area contributed by atoms with Crippen molar-refractivity contribution in [3.05, 3.63) is 52.5 Å². The molecule has 0 aliphatic carbocycles. The Morgan fingerprint density at radius 2 is 1.88 bits per heavy atom. The predicted molar refractivity (Wildman–Crippen MR) is 99.5 cm³/mol. The van der Waals surface area contributed by atoms with Gasteiger partial charge in [-0.25, -0.2) is 4.98 Å². The molecule has 2 aromatic carbocycles. The van der Waals surface area contributed by atoms with Crippen molar-refractivity contribution in [2.45, 2.75) is 6.54 Å². The van der Waals surface area contributed by atoms with Gasteiger partial charge >= 0.3 is 0 Å². The SMILES string of the molecule is CN(C)c1nc(CNc2ccc3c4c(cccc24)C(=O)NC3=O)cs1. The van der Waals surface area contributed by atoms with Gasteiger partial charge in [0.05, 0.1) is 12.2 Å². The Kier molecular flexibility index (Phi) is 3.65. The van der Waals surface area contributed by atoms with Crippen molar-refractivity contribution >= 4 is 44.7 Å². The molecule has 2 amide bonds. The van der Waals surface area contributed by atoms with E-state index in [1.54, 1.807) is 23.5 Å². The fourth-order valence-corrected chi connectivity index (χ4v) is 3.70. The molecule has 7 heteroatoms. The number of amides is 2. The van der Waals surface area contributed by atoms with Crippen molar-refractivity contribution in [3.63, 3.8) is 0 Å². The average Bonchev–Trinajstić information content (AvgIpc) is 3.07. The highest BCUT2D eigenvalue weighted by molar-refractivity contribution is 7.13. The van der Waals surface area contributed by atoms with Crippen molar-refractivity contribution < 1.29 is 9.59 Å². The van der Waals surface area contributed by atoms with Gasteiger partial charge in [0, 0.05) is 47.1 Å². The normalized spacial score (nSPS) is 13.0. The summed E-state index contributed by atoms with van der Waals surface area (Å²) in [6, 6.07) is 9.11. The number of benzene rings is 2. The first-order chi connectivity index (χ1) is 12.0. The molecule has 1 aromatic heterocycles. The third-order valence-electron chi connectivity index (χ3n) is 4.14. The highest BCUT2D eigenvalue weighted by Gasteiger charge is 2.25. The lowest BCUT2D eigenvalue weighted by atomic mass is 9.94. The molecule has 0 fully saturated rings. The van der Waals surface area contributed by atoms with Crippen LogP contribution in [0, 0.1) is 0 Å². The third kappa shape index (κ3) is 2.62. The molecule has 1 aliphatic rings. The van der Waals surface area contributed by atoms with Crippen LogP contribution < -0.4 is 15.5 Å². The van der Waals surface area contributed by atoms with Crippen LogP contribution in [0.1, 0.15) is 26.4 Å². The summed E-state index contributed by atoms with van der Waals surface area (Å²) in [5.74, 6) is -0.703. The zero-order valence-electron chi connectivity index (χ0n) is 13.8. The second-order valence-electron chi connectivity index (χ2n) is 6.04. The van der Waals surface area contributed by atoms with Gasteiger partial charge in [0.25, 0.3) is 11.8 Å². The minimum Gasteiger partial charge on any atom is -0.379 e. The highest BCUT2D eigenvalue weighted by Crippen LogP contribution is 2.32. The minimum absolute atomic E-state index is 0.352. The summed E-state index contributed by atoms with van der Waals surface area (Å²) in [4.78, 5) is 30.7. The Morgan fingerprint density at radius 1 is 1.12 bits per heavy atom. The molecule has 0 unspecified atom stereocenters. The Balaban J connectivity index is 1.70. The van der Waals surface area contributed by atoms with Gasteiger partial charge in [0.2, 0.25) is 0 Å². The van der Waals surface area contributed by atoms with E-state index < -0.39 is 0 Å². The highest BCUT2D eigenvalue weighted by atomic mass is 32.1. The van der Waals surface area contributed by atoms with Crippen LogP contribution in [0.4, 0.5) is 10.8 Å². The van der Waals surface area contributed by atoms with E-state index in [1.165, 1.54) is 0 Å². The zero-order valence-corrected chi connectivity index (χ0v) is 14.6. The summed E-state index contributed by atoms with van der Waals surface area (Å²) in [7, 11) is 3.93. The van der Waals surface area contributed by atoms with Gasteiger partial charge in [-0.1, -0.05) is 12.1 Å². The summed E-state index contributed by atoms with van der Waals surface area (Å²) >= 11 is 1.59. The lowest BCUT2D eigenvalue weighted by Crippen LogP contribution is -2.34. The second-order valence-corrected chi connectivity index (χ2v) is 6.88. The maximum Gasteiger partial charge on any atom is 0.258 e. The molecule has 3 aromatic rings. The summed E-state index contributed by atoms with van der Waals surface area (Å²) in [6.45, 7) is 0.573. The van der Waals surface area contributed by atoms with Gasteiger partial charge < -0.3 is 10.2 Å². The van der Waals surface area contributed by atoms with Crippen LogP contribution in [0.5, 0.6) is 0 Å². The Hall–Kier alpha value is -2.93. The molecule has 0 bridgehead atoms. The van der Waals surface area contributed by atoms with Crippen LogP contribution in [0.25, 0.3) is 10.8 Å². The van der Waals surface area contributed by atoms with Crippen LogP contribution in [0.2, 0.25) is 0 Å². The van der Waals surface area contributed by atoms with Crippen molar-refractivity contribution in [1.29, 1.82) is 0 Å². The van der Waals surface area contributed by atoms with Crippen LogP contribution >= 0.6 is 11.3 Å². The number of carbonyl (C=O) groups excluding carboxylic acids is 2.